The van der Waals surface area contributed by atoms with E-state index in [4.69, 9.17) is 25.8 Å². The third-order valence-corrected chi connectivity index (χ3v) is 19.9. The lowest BCUT2D eigenvalue weighted by atomic mass is 10.1. The van der Waals surface area contributed by atoms with Crippen molar-refractivity contribution in [3.63, 3.8) is 0 Å². The van der Waals surface area contributed by atoms with E-state index in [1.807, 2.05) is 62.3 Å². The molecule has 10 N–H and O–H groups in total. The van der Waals surface area contributed by atoms with Crippen molar-refractivity contribution in [1.29, 1.82) is 0 Å². The summed E-state index contributed by atoms with van der Waals surface area (Å²) in [4.78, 5) is 258. The number of aliphatic hydroxyl groups is 1. The molecule has 0 radical (unpaired) electrons. The Kier molecular flexibility index (Phi) is 68.9. The van der Waals surface area contributed by atoms with Crippen molar-refractivity contribution >= 4 is 106 Å². The molecule has 722 valence electrons. The summed E-state index contributed by atoms with van der Waals surface area (Å²) in [6, 6.07) is 0. The second-order valence-electron chi connectivity index (χ2n) is 30.5. The van der Waals surface area contributed by atoms with Gasteiger partial charge in [0.15, 0.2) is 0 Å². The lowest BCUT2D eigenvalue weighted by molar-refractivity contribution is -0.148. The number of ketones is 1. The molecule has 0 aromatic carbocycles. The van der Waals surface area contributed by atoms with Crippen LogP contribution in [0.4, 0.5) is 0 Å². The molecule has 126 heavy (non-hydrogen) atoms. The Morgan fingerprint density at radius 1 is 0.246 bits per heavy atom. The zero-order chi connectivity index (χ0) is 94.2. The largest absolute Gasteiger partial charge is 0.464 e. The monoisotopic (exact) mass is 1790 g/mol. The first-order valence-corrected chi connectivity index (χ1v) is 45.7. The van der Waals surface area contributed by atoms with Gasteiger partial charge in [-0.2, -0.15) is 0 Å². The van der Waals surface area contributed by atoms with Gasteiger partial charge in [0.1, 0.15) is 25.6 Å². The molecule has 0 bridgehead atoms. The number of hydrogen-bond acceptors (Lipinski definition) is 26. The third-order valence-electron chi connectivity index (χ3n) is 19.9. The van der Waals surface area contributed by atoms with Gasteiger partial charge >= 0.3 is 17.9 Å². The zero-order valence-corrected chi connectivity index (χ0v) is 77.3. The number of esters is 3. The number of nitrogens with two attached hydrogens (primary N) is 2. The minimum absolute atomic E-state index is 0.0235. The first kappa shape index (κ1) is 116. The van der Waals surface area contributed by atoms with E-state index in [-0.39, 0.29) is 295 Å². The lowest BCUT2D eigenvalue weighted by Gasteiger charge is -2.25. The molecule has 0 aliphatic heterocycles. The van der Waals surface area contributed by atoms with Gasteiger partial charge in [-0.15, -0.1) is 0 Å². The molecule has 0 fully saturated rings. The molecule has 0 saturated carbocycles. The molecule has 0 aliphatic carbocycles. The second kappa shape index (κ2) is 74.5. The third kappa shape index (κ3) is 57.2. The van der Waals surface area contributed by atoms with Crippen LogP contribution in [0.1, 0.15) is 242 Å². The fourth-order valence-corrected chi connectivity index (χ4v) is 13.2. The molecule has 0 spiro atoms. The number of ether oxygens (including phenoxy) is 3. The van der Waals surface area contributed by atoms with E-state index < -0.39 is 70.9 Å². The van der Waals surface area contributed by atoms with Crippen LogP contribution < -0.4 is 38.2 Å². The van der Waals surface area contributed by atoms with Gasteiger partial charge in [0.05, 0.1) is 58.8 Å². The summed E-state index contributed by atoms with van der Waals surface area (Å²) >= 11 is 0. The number of carbonyl (C=O) groups excluding carboxylic acids is 18. The van der Waals surface area contributed by atoms with Crippen LogP contribution in [-0.2, 0) is 105 Å². The topological polar surface area (TPSA) is 509 Å². The number of amides is 14. The molecule has 0 aromatic rings. The number of nitrogens with zero attached hydrogens (tertiary/aromatic N) is 10. The van der Waals surface area contributed by atoms with E-state index in [1.54, 1.807) is 24.5 Å². The Morgan fingerprint density at radius 3 is 0.746 bits per heavy atom. The maximum atomic E-state index is 14.1. The van der Waals surface area contributed by atoms with Gasteiger partial charge in [0.25, 0.3) is 0 Å². The molecule has 0 atom stereocenters. The van der Waals surface area contributed by atoms with Crippen LogP contribution in [0.3, 0.4) is 0 Å². The van der Waals surface area contributed by atoms with E-state index in [0.29, 0.717) is 84.7 Å². The highest BCUT2D eigenvalue weighted by molar-refractivity contribution is 5.89. The first-order chi connectivity index (χ1) is 60.5. The molecule has 0 unspecified atom stereocenters. The van der Waals surface area contributed by atoms with E-state index in [1.165, 1.54) is 24.5 Å². The summed E-state index contributed by atoms with van der Waals surface area (Å²) in [7, 11) is 0. The van der Waals surface area contributed by atoms with E-state index >= 15 is 0 Å². The van der Waals surface area contributed by atoms with Crippen LogP contribution >= 0.6 is 0 Å². The fraction of sp³-hybridized carbons (Fsp3) is 0.791. The van der Waals surface area contributed by atoms with E-state index in [2.05, 4.69) is 31.4 Å². The molecule has 0 aromatic heterocycles. The molecule has 0 rings (SSSR count). The molecule has 14 amide bonds. The standard InChI is InChI=1S/C86H155N17O23/c1-10-43-95(44-11-2)81(117)31-34-84(120)123-64-59-101(55-40-90-73(109)22-28-78(114)100(51-18-9)62-67-126-88)75(111)25-19-69(105)37-52-94(68-93-74(110)24-30-80(116)103(57-42-91-71(107)20-26-76(112)98(49-16-7)53-38-87)61-66-125-86(122)36-33-83(119)97(47-14-5)48-15-6)54-39-89-70(106)23-29-79(115)102(56-41-92-72(108)21-27-77(113)99(50-17-8)58-63-104)60-65-124-85(121)35-32-82(118)96(45-12-3)46-13-4/h104H,10-68,87-88H2,1-9H3,(H,89,106)(H,90,109)(H,91,107)(H,92,108)(H,93,110). The molecule has 40 nitrogen and oxygen atoms in total. The highest BCUT2D eigenvalue weighted by atomic mass is 16.6. The Hall–Kier alpha value is -9.54. The van der Waals surface area contributed by atoms with Crippen LogP contribution in [0.25, 0.3) is 0 Å². The van der Waals surface area contributed by atoms with Crippen molar-refractivity contribution in [3.05, 3.63) is 0 Å². The highest BCUT2D eigenvalue weighted by Crippen LogP contribution is 2.12. The van der Waals surface area contributed by atoms with Crippen molar-refractivity contribution < 1.29 is 110 Å². The van der Waals surface area contributed by atoms with Gasteiger partial charge in [-0.3, -0.25) is 91.2 Å². The van der Waals surface area contributed by atoms with Crippen molar-refractivity contribution in [3.8, 4) is 0 Å². The number of carbonyl (C=O) groups is 18. The maximum Gasteiger partial charge on any atom is 0.306 e. The first-order valence-electron chi connectivity index (χ1n) is 45.7. The minimum Gasteiger partial charge on any atom is -0.464 e. The van der Waals surface area contributed by atoms with Gasteiger partial charge in [0.2, 0.25) is 82.7 Å². The Labute approximate surface area is 746 Å². The molecule has 0 saturated heterocycles. The van der Waals surface area contributed by atoms with Gasteiger partial charge in [0, 0.05) is 247 Å². The second-order valence-corrected chi connectivity index (χ2v) is 30.5. The Bertz CT molecular complexity index is 3120. The summed E-state index contributed by atoms with van der Waals surface area (Å²) in [6.07, 6.45) is 2.36. The SMILES string of the molecule is CCCN(CCC)C(=O)CCC(=O)OCCN(CCNC(=O)CCC(=O)N(CCC)CCON)C(=O)CCC(=O)CCN(CCNC(=O)CCC(=O)N(CCNC(=O)CCC(=O)N(CCC)CCO)CCOC(=O)CCC(=O)N(CCC)CCC)CNC(=O)CCC(=O)N(CCNC(=O)CCC(=O)N(CCC)CCN)CCOC(=O)CCC(=O)N(CCC)CCC. The van der Waals surface area contributed by atoms with Crippen LogP contribution in [0, 0.1) is 0 Å². The summed E-state index contributed by atoms with van der Waals surface area (Å²) in [5, 5.41) is 23.1. The van der Waals surface area contributed by atoms with Gasteiger partial charge in [-0.25, -0.2) is 5.90 Å². The quantitative estimate of drug-likeness (QED) is 0.0185. The summed E-state index contributed by atoms with van der Waals surface area (Å²) < 4.78 is 16.4. The van der Waals surface area contributed by atoms with E-state index in [0.717, 1.165) is 38.5 Å². The lowest BCUT2D eigenvalue weighted by Crippen LogP contribution is -2.44. The fourth-order valence-electron chi connectivity index (χ4n) is 13.2. The molecular formula is C86H155N17O23. The van der Waals surface area contributed by atoms with Gasteiger partial charge in [-0.1, -0.05) is 62.3 Å². The number of rotatable bonds is 78. The van der Waals surface area contributed by atoms with Crippen molar-refractivity contribution in [2.45, 2.75) is 242 Å². The zero-order valence-electron chi connectivity index (χ0n) is 77.3. The normalized spacial score (nSPS) is 10.9. The minimum atomic E-state index is -0.677. The molecule has 40 heteroatoms. The van der Waals surface area contributed by atoms with Crippen LogP contribution in [0.15, 0.2) is 0 Å². The maximum absolute atomic E-state index is 14.1. The summed E-state index contributed by atoms with van der Waals surface area (Å²) in [6.45, 7) is 20.2. The molecular weight excluding hydrogens is 1640 g/mol. The van der Waals surface area contributed by atoms with Crippen molar-refractivity contribution in [2.75, 3.05) is 203 Å². The van der Waals surface area contributed by atoms with E-state index in [9.17, 15) is 91.4 Å². The number of nitrogens with one attached hydrogen (secondary N) is 5. The van der Waals surface area contributed by atoms with Crippen LogP contribution in [0.5, 0.6) is 0 Å². The molecule has 0 heterocycles. The summed E-state index contributed by atoms with van der Waals surface area (Å²) in [5.74, 6) is -3.05. The predicted octanol–water partition coefficient (Wildman–Crippen LogP) is 1.43. The molecule has 0 aliphatic rings. The average molecular weight is 1800 g/mol. The predicted molar refractivity (Wildman–Crippen MR) is 470 cm³/mol. The van der Waals surface area contributed by atoms with Gasteiger partial charge in [-0.05, 0) is 57.8 Å². The average Bonchev–Trinajstić information content (AvgIpc) is 0.922. The highest BCUT2D eigenvalue weighted by Gasteiger charge is 2.26. The summed E-state index contributed by atoms with van der Waals surface area (Å²) in [5.41, 5.74) is 5.70. The Balaban J connectivity index is 7.00. The smallest absolute Gasteiger partial charge is 0.306 e. The Morgan fingerprint density at radius 2 is 0.476 bits per heavy atom. The van der Waals surface area contributed by atoms with Crippen molar-refractivity contribution in [1.82, 2.24) is 75.6 Å². The van der Waals surface area contributed by atoms with Crippen molar-refractivity contribution in [2.24, 2.45) is 11.6 Å². The van der Waals surface area contributed by atoms with Gasteiger partial charge < -0.3 is 101 Å². The number of hydrogen-bond donors (Lipinski definition) is 8. The van der Waals surface area contributed by atoms with Crippen LogP contribution in [-0.4, -0.2) is 364 Å². The number of aliphatic hydroxyl groups excluding tert-OH is 1. The number of Topliss-reactive ketones (excluding diaryl/α,β-unsaturated/α-hetero) is 1. The van der Waals surface area contributed by atoms with Crippen LogP contribution in [0.2, 0.25) is 0 Å².